The van der Waals surface area contributed by atoms with Crippen molar-refractivity contribution in [1.29, 1.82) is 0 Å². The lowest BCUT2D eigenvalue weighted by Gasteiger charge is -2.09. The average molecular weight is 157 g/mol. The molecule has 0 atom stereocenters. The first-order chi connectivity index (χ1) is 5.33. The molecular formula is C10H23N. The monoisotopic (exact) mass is 157 g/mol. The van der Waals surface area contributed by atoms with Gasteiger partial charge in [0.15, 0.2) is 0 Å². The molecule has 1 fully saturated rings. The molecule has 0 aromatic rings. The lowest BCUT2D eigenvalue weighted by Crippen LogP contribution is -2.13. The fraction of sp³-hybridized carbons (Fsp3) is 1.00. The molecule has 0 unspecified atom stereocenters. The van der Waals surface area contributed by atoms with Gasteiger partial charge in [0.05, 0.1) is 0 Å². The molecule has 0 radical (unpaired) electrons. The summed E-state index contributed by atoms with van der Waals surface area (Å²) in [5, 5.41) is 3.20. The number of hydrogen-bond acceptors (Lipinski definition) is 1. The van der Waals surface area contributed by atoms with Crippen LogP contribution < -0.4 is 5.32 Å². The molecule has 0 bridgehead atoms. The molecule has 0 aromatic carbocycles. The van der Waals surface area contributed by atoms with Gasteiger partial charge in [-0.1, -0.05) is 27.2 Å². The molecule has 0 spiro atoms. The lowest BCUT2D eigenvalue weighted by atomic mass is 10.00. The van der Waals surface area contributed by atoms with E-state index in [0.717, 1.165) is 5.41 Å². The number of rotatable bonds is 4. The lowest BCUT2D eigenvalue weighted by molar-refractivity contribution is 0.441. The van der Waals surface area contributed by atoms with Gasteiger partial charge in [0.25, 0.3) is 0 Å². The Bertz CT molecular complexity index is 84.9. The maximum absolute atomic E-state index is 3.20. The second-order valence-electron chi connectivity index (χ2n) is 3.21. The van der Waals surface area contributed by atoms with Gasteiger partial charge in [-0.15, -0.1) is 0 Å². The van der Waals surface area contributed by atoms with Crippen LogP contribution in [0.3, 0.4) is 0 Å². The first-order valence-corrected chi connectivity index (χ1v) is 4.97. The summed E-state index contributed by atoms with van der Waals surface area (Å²) in [7, 11) is 2.03. The third-order valence-electron chi connectivity index (χ3n) is 2.61. The molecule has 0 saturated heterocycles. The van der Waals surface area contributed by atoms with E-state index in [1.54, 1.807) is 0 Å². The van der Waals surface area contributed by atoms with E-state index >= 15 is 0 Å². The summed E-state index contributed by atoms with van der Waals surface area (Å²) >= 11 is 0. The molecule has 1 nitrogen and oxygen atoms in total. The predicted octanol–water partition coefficient (Wildman–Crippen LogP) is 2.81. The van der Waals surface area contributed by atoms with E-state index in [-0.39, 0.29) is 0 Å². The topological polar surface area (TPSA) is 12.0 Å². The largest absolute Gasteiger partial charge is 0.320 e. The van der Waals surface area contributed by atoms with Gasteiger partial charge < -0.3 is 5.32 Å². The summed E-state index contributed by atoms with van der Waals surface area (Å²) in [5.74, 6) is 0. The van der Waals surface area contributed by atoms with E-state index in [4.69, 9.17) is 0 Å². The van der Waals surface area contributed by atoms with Crippen molar-refractivity contribution in [2.45, 2.75) is 46.5 Å². The molecule has 1 aliphatic carbocycles. The zero-order valence-corrected chi connectivity index (χ0v) is 8.54. The van der Waals surface area contributed by atoms with Gasteiger partial charge in [0.1, 0.15) is 0 Å². The first-order valence-electron chi connectivity index (χ1n) is 4.97. The summed E-state index contributed by atoms with van der Waals surface area (Å²) in [6, 6.07) is 0. The van der Waals surface area contributed by atoms with Crippen LogP contribution in [0.1, 0.15) is 46.5 Å². The first kappa shape index (κ1) is 11.0. The summed E-state index contributed by atoms with van der Waals surface area (Å²) < 4.78 is 0. The Morgan fingerprint density at radius 3 is 2.09 bits per heavy atom. The Morgan fingerprint density at radius 2 is 1.82 bits per heavy atom. The standard InChI is InChI=1S/C8H17N.C2H6/c1-3-8(4-5-8)6-7-9-2;1-2/h9H,3-7H2,1-2H3;1-2H3. The van der Waals surface area contributed by atoms with Gasteiger partial charge in [-0.25, -0.2) is 0 Å². The van der Waals surface area contributed by atoms with E-state index in [1.807, 2.05) is 20.9 Å². The quantitative estimate of drug-likeness (QED) is 0.661. The average Bonchev–Trinajstić information content (AvgIpc) is 2.86. The smallest absolute Gasteiger partial charge is 0.00466 e. The second kappa shape index (κ2) is 5.59. The molecular weight excluding hydrogens is 134 g/mol. The van der Waals surface area contributed by atoms with Gasteiger partial charge in [-0.3, -0.25) is 0 Å². The molecule has 0 heterocycles. The van der Waals surface area contributed by atoms with E-state index in [9.17, 15) is 0 Å². The zero-order valence-electron chi connectivity index (χ0n) is 8.54. The van der Waals surface area contributed by atoms with Gasteiger partial charge in [0, 0.05) is 0 Å². The molecule has 1 saturated carbocycles. The number of hydrogen-bond donors (Lipinski definition) is 1. The van der Waals surface area contributed by atoms with E-state index in [1.165, 1.54) is 32.2 Å². The third kappa shape index (κ3) is 3.76. The second-order valence-corrected chi connectivity index (χ2v) is 3.21. The van der Waals surface area contributed by atoms with Crippen LogP contribution in [0.25, 0.3) is 0 Å². The van der Waals surface area contributed by atoms with E-state index in [2.05, 4.69) is 12.2 Å². The van der Waals surface area contributed by atoms with Gasteiger partial charge >= 0.3 is 0 Å². The van der Waals surface area contributed by atoms with Crippen LogP contribution in [0.5, 0.6) is 0 Å². The van der Waals surface area contributed by atoms with E-state index < -0.39 is 0 Å². The SMILES string of the molecule is CC.CCC1(CCNC)CC1. The molecule has 68 valence electrons. The summed E-state index contributed by atoms with van der Waals surface area (Å²) in [5.41, 5.74) is 0.781. The Hall–Kier alpha value is -0.0400. The summed E-state index contributed by atoms with van der Waals surface area (Å²) in [6.45, 7) is 7.51. The molecule has 0 aliphatic heterocycles. The van der Waals surface area contributed by atoms with Crippen molar-refractivity contribution < 1.29 is 0 Å². The van der Waals surface area contributed by atoms with Crippen LogP contribution in [-0.2, 0) is 0 Å². The van der Waals surface area contributed by atoms with Crippen LogP contribution in [0.15, 0.2) is 0 Å². The molecule has 11 heavy (non-hydrogen) atoms. The number of nitrogens with one attached hydrogen (secondary N) is 1. The Kier molecular flexibility index (Phi) is 5.57. The van der Waals surface area contributed by atoms with Crippen LogP contribution in [0.2, 0.25) is 0 Å². The molecule has 1 N–H and O–H groups in total. The summed E-state index contributed by atoms with van der Waals surface area (Å²) in [4.78, 5) is 0. The van der Waals surface area contributed by atoms with Crippen molar-refractivity contribution in [3.05, 3.63) is 0 Å². The molecule has 1 rings (SSSR count). The highest BCUT2D eigenvalue weighted by Crippen LogP contribution is 2.51. The van der Waals surface area contributed by atoms with E-state index in [0.29, 0.717) is 0 Å². The van der Waals surface area contributed by atoms with Gasteiger partial charge in [0.2, 0.25) is 0 Å². The normalized spacial score (nSPS) is 18.5. The van der Waals surface area contributed by atoms with Crippen LogP contribution in [0, 0.1) is 5.41 Å². The molecule has 0 amide bonds. The van der Waals surface area contributed by atoms with Crippen LogP contribution in [0.4, 0.5) is 0 Å². The van der Waals surface area contributed by atoms with Crippen molar-refractivity contribution in [2.24, 2.45) is 5.41 Å². The Labute approximate surface area is 71.6 Å². The molecule has 0 aromatic heterocycles. The van der Waals surface area contributed by atoms with Crippen molar-refractivity contribution in [3.63, 3.8) is 0 Å². The Morgan fingerprint density at radius 1 is 1.27 bits per heavy atom. The van der Waals surface area contributed by atoms with Crippen molar-refractivity contribution >= 4 is 0 Å². The predicted molar refractivity (Wildman–Crippen MR) is 51.8 cm³/mol. The zero-order chi connectivity index (χ0) is 8.74. The van der Waals surface area contributed by atoms with Crippen LogP contribution in [-0.4, -0.2) is 13.6 Å². The van der Waals surface area contributed by atoms with Crippen molar-refractivity contribution in [1.82, 2.24) is 5.32 Å². The third-order valence-corrected chi connectivity index (χ3v) is 2.61. The maximum Gasteiger partial charge on any atom is -0.00466 e. The summed E-state index contributed by atoms with van der Waals surface area (Å²) in [6.07, 6.45) is 5.73. The molecule has 1 aliphatic rings. The van der Waals surface area contributed by atoms with Crippen molar-refractivity contribution in [2.75, 3.05) is 13.6 Å². The van der Waals surface area contributed by atoms with Crippen LogP contribution >= 0.6 is 0 Å². The highest BCUT2D eigenvalue weighted by molar-refractivity contribution is 4.91. The maximum atomic E-state index is 3.20. The minimum atomic E-state index is 0.781. The fourth-order valence-corrected chi connectivity index (χ4v) is 1.35. The van der Waals surface area contributed by atoms with Gasteiger partial charge in [-0.05, 0) is 38.3 Å². The highest BCUT2D eigenvalue weighted by atomic mass is 14.8. The fourth-order valence-electron chi connectivity index (χ4n) is 1.35. The molecule has 1 heteroatoms. The minimum Gasteiger partial charge on any atom is -0.320 e. The Balaban J connectivity index is 0.000000461. The van der Waals surface area contributed by atoms with Gasteiger partial charge in [-0.2, -0.15) is 0 Å². The minimum absolute atomic E-state index is 0.781. The highest BCUT2D eigenvalue weighted by Gasteiger charge is 2.39. The van der Waals surface area contributed by atoms with Crippen molar-refractivity contribution in [3.8, 4) is 0 Å².